The Morgan fingerprint density at radius 2 is 1.70 bits per heavy atom. The SMILES string of the molecule is CCCCCOc1ccccc1C(=O)NC(=S)Nc1ccc(OCCOCC)cc1. The fraction of sp³-hybridized carbons (Fsp3) is 0.391. The van der Waals surface area contributed by atoms with Gasteiger partial charge in [-0.05, 0) is 62.0 Å². The lowest BCUT2D eigenvalue weighted by molar-refractivity contribution is 0.0973. The highest BCUT2D eigenvalue weighted by Gasteiger charge is 2.13. The lowest BCUT2D eigenvalue weighted by Crippen LogP contribution is -2.34. The lowest BCUT2D eigenvalue weighted by Gasteiger charge is -2.13. The topological polar surface area (TPSA) is 68.8 Å². The average molecular weight is 431 g/mol. The number of rotatable bonds is 12. The normalized spacial score (nSPS) is 10.3. The minimum Gasteiger partial charge on any atom is -0.493 e. The zero-order valence-corrected chi connectivity index (χ0v) is 18.4. The molecule has 0 spiro atoms. The summed E-state index contributed by atoms with van der Waals surface area (Å²) in [6, 6.07) is 14.5. The van der Waals surface area contributed by atoms with Gasteiger partial charge in [0.05, 0.1) is 18.8 Å². The first-order valence-electron chi connectivity index (χ1n) is 10.3. The van der Waals surface area contributed by atoms with Crippen molar-refractivity contribution in [2.75, 3.05) is 31.7 Å². The van der Waals surface area contributed by atoms with Gasteiger partial charge in [0, 0.05) is 12.3 Å². The molecule has 0 aliphatic carbocycles. The molecular weight excluding hydrogens is 400 g/mol. The van der Waals surface area contributed by atoms with Crippen LogP contribution < -0.4 is 20.1 Å². The summed E-state index contributed by atoms with van der Waals surface area (Å²) in [5, 5.41) is 5.92. The van der Waals surface area contributed by atoms with Gasteiger partial charge in [0.2, 0.25) is 0 Å². The molecule has 2 N–H and O–H groups in total. The first-order chi connectivity index (χ1) is 14.6. The van der Waals surface area contributed by atoms with E-state index < -0.39 is 0 Å². The number of amides is 1. The van der Waals surface area contributed by atoms with E-state index in [1.807, 2.05) is 37.3 Å². The number of para-hydroxylation sites is 1. The number of thiocarbonyl (C=S) groups is 1. The summed E-state index contributed by atoms with van der Waals surface area (Å²) in [5.41, 5.74) is 1.21. The Bertz CT molecular complexity index is 796. The molecule has 0 atom stereocenters. The summed E-state index contributed by atoms with van der Waals surface area (Å²) in [4.78, 5) is 12.6. The van der Waals surface area contributed by atoms with E-state index in [4.69, 9.17) is 26.4 Å². The van der Waals surface area contributed by atoms with Crippen molar-refractivity contribution in [1.82, 2.24) is 5.32 Å². The van der Waals surface area contributed by atoms with Crippen LogP contribution in [0, 0.1) is 0 Å². The van der Waals surface area contributed by atoms with Gasteiger partial charge in [0.15, 0.2) is 5.11 Å². The van der Waals surface area contributed by atoms with Crippen molar-refractivity contribution in [3.8, 4) is 11.5 Å². The molecule has 0 heterocycles. The summed E-state index contributed by atoms with van der Waals surface area (Å²) >= 11 is 5.28. The number of nitrogens with one attached hydrogen (secondary N) is 2. The molecule has 0 saturated carbocycles. The molecule has 7 heteroatoms. The largest absolute Gasteiger partial charge is 0.493 e. The predicted molar refractivity (Wildman–Crippen MR) is 124 cm³/mol. The van der Waals surface area contributed by atoms with Crippen LogP contribution in [0.1, 0.15) is 43.5 Å². The number of ether oxygens (including phenoxy) is 3. The fourth-order valence-corrected chi connectivity index (χ4v) is 2.85. The summed E-state index contributed by atoms with van der Waals surface area (Å²) in [5.74, 6) is 0.987. The quantitative estimate of drug-likeness (QED) is 0.372. The van der Waals surface area contributed by atoms with E-state index in [1.165, 1.54) is 0 Å². The Hall–Kier alpha value is -2.64. The maximum Gasteiger partial charge on any atom is 0.261 e. The van der Waals surface area contributed by atoms with Gasteiger partial charge in [-0.2, -0.15) is 0 Å². The van der Waals surface area contributed by atoms with E-state index in [0.717, 1.165) is 30.7 Å². The Morgan fingerprint density at radius 1 is 0.933 bits per heavy atom. The lowest BCUT2D eigenvalue weighted by atomic mass is 10.2. The zero-order chi connectivity index (χ0) is 21.6. The maximum absolute atomic E-state index is 12.6. The second kappa shape index (κ2) is 13.6. The van der Waals surface area contributed by atoms with E-state index in [2.05, 4.69) is 17.6 Å². The first kappa shape index (κ1) is 23.6. The predicted octanol–water partition coefficient (Wildman–Crippen LogP) is 4.80. The van der Waals surface area contributed by atoms with Gasteiger partial charge in [0.25, 0.3) is 5.91 Å². The van der Waals surface area contributed by atoms with Gasteiger partial charge >= 0.3 is 0 Å². The number of carbonyl (C=O) groups excluding carboxylic acids is 1. The summed E-state index contributed by atoms with van der Waals surface area (Å²) < 4.78 is 16.6. The van der Waals surface area contributed by atoms with Gasteiger partial charge in [-0.1, -0.05) is 31.9 Å². The van der Waals surface area contributed by atoms with Crippen LogP contribution in [0.3, 0.4) is 0 Å². The molecule has 2 aromatic rings. The monoisotopic (exact) mass is 430 g/mol. The number of anilines is 1. The van der Waals surface area contributed by atoms with Crippen LogP contribution in [0.15, 0.2) is 48.5 Å². The molecule has 0 unspecified atom stereocenters. The molecule has 1 amide bonds. The van der Waals surface area contributed by atoms with Crippen molar-refractivity contribution >= 4 is 28.9 Å². The van der Waals surface area contributed by atoms with Crippen LogP contribution >= 0.6 is 12.2 Å². The van der Waals surface area contributed by atoms with E-state index >= 15 is 0 Å². The molecule has 0 bridgehead atoms. The number of benzene rings is 2. The summed E-state index contributed by atoms with van der Waals surface area (Å²) in [7, 11) is 0. The minimum absolute atomic E-state index is 0.214. The third kappa shape index (κ3) is 8.39. The smallest absolute Gasteiger partial charge is 0.261 e. The van der Waals surface area contributed by atoms with Crippen molar-refractivity contribution in [3.05, 3.63) is 54.1 Å². The van der Waals surface area contributed by atoms with Gasteiger partial charge in [-0.25, -0.2) is 0 Å². The van der Waals surface area contributed by atoms with Gasteiger partial charge < -0.3 is 19.5 Å². The number of unbranched alkanes of at least 4 members (excludes halogenated alkanes) is 2. The molecule has 0 aromatic heterocycles. The average Bonchev–Trinajstić information content (AvgIpc) is 2.75. The Kier molecular flexibility index (Phi) is 10.7. The highest BCUT2D eigenvalue weighted by atomic mass is 32.1. The molecule has 0 fully saturated rings. The first-order valence-corrected chi connectivity index (χ1v) is 10.7. The number of carbonyl (C=O) groups is 1. The highest BCUT2D eigenvalue weighted by Crippen LogP contribution is 2.19. The molecule has 0 radical (unpaired) electrons. The van der Waals surface area contributed by atoms with Crippen LogP contribution in [0.25, 0.3) is 0 Å². The van der Waals surface area contributed by atoms with E-state index in [9.17, 15) is 4.79 Å². The number of hydrogen-bond acceptors (Lipinski definition) is 5. The molecule has 2 rings (SSSR count). The second-order valence-corrected chi connectivity index (χ2v) is 6.94. The molecule has 0 aliphatic rings. The molecular formula is C23H30N2O4S. The highest BCUT2D eigenvalue weighted by molar-refractivity contribution is 7.80. The molecule has 6 nitrogen and oxygen atoms in total. The summed E-state index contributed by atoms with van der Waals surface area (Å²) in [6.07, 6.45) is 3.17. The van der Waals surface area contributed by atoms with Gasteiger partial charge in [-0.3, -0.25) is 10.1 Å². The van der Waals surface area contributed by atoms with E-state index in [1.54, 1.807) is 18.2 Å². The molecule has 2 aromatic carbocycles. The third-order valence-electron chi connectivity index (χ3n) is 4.18. The maximum atomic E-state index is 12.6. The van der Waals surface area contributed by atoms with Crippen LogP contribution in [-0.4, -0.2) is 37.4 Å². The van der Waals surface area contributed by atoms with Gasteiger partial charge in [-0.15, -0.1) is 0 Å². The Labute approximate surface area is 183 Å². The van der Waals surface area contributed by atoms with Crippen LogP contribution in [0.5, 0.6) is 11.5 Å². The third-order valence-corrected chi connectivity index (χ3v) is 4.38. The van der Waals surface area contributed by atoms with Crippen molar-refractivity contribution in [1.29, 1.82) is 0 Å². The van der Waals surface area contributed by atoms with Crippen molar-refractivity contribution in [2.24, 2.45) is 0 Å². The van der Waals surface area contributed by atoms with Crippen molar-refractivity contribution in [2.45, 2.75) is 33.1 Å². The standard InChI is InChI=1S/C23H30N2O4S/c1-3-5-8-15-29-21-10-7-6-9-20(21)22(26)25-23(30)24-18-11-13-19(14-12-18)28-17-16-27-4-2/h6-7,9-14H,3-5,8,15-17H2,1-2H3,(H2,24,25,26,30). The zero-order valence-electron chi connectivity index (χ0n) is 17.6. The second-order valence-electron chi connectivity index (χ2n) is 6.53. The molecule has 162 valence electrons. The van der Waals surface area contributed by atoms with E-state index in [-0.39, 0.29) is 11.0 Å². The molecule has 0 aliphatic heterocycles. The van der Waals surface area contributed by atoms with Crippen LogP contribution in [-0.2, 0) is 4.74 Å². The summed E-state index contributed by atoms with van der Waals surface area (Å²) in [6.45, 7) is 6.38. The van der Waals surface area contributed by atoms with Gasteiger partial charge in [0.1, 0.15) is 18.1 Å². The number of hydrogen-bond donors (Lipinski definition) is 2. The minimum atomic E-state index is -0.311. The van der Waals surface area contributed by atoms with E-state index in [0.29, 0.717) is 37.7 Å². The molecule has 0 saturated heterocycles. The van der Waals surface area contributed by atoms with Crippen molar-refractivity contribution in [3.63, 3.8) is 0 Å². The van der Waals surface area contributed by atoms with Crippen LogP contribution in [0.4, 0.5) is 5.69 Å². The fourth-order valence-electron chi connectivity index (χ4n) is 2.64. The Morgan fingerprint density at radius 3 is 2.43 bits per heavy atom. The molecule has 30 heavy (non-hydrogen) atoms. The van der Waals surface area contributed by atoms with Crippen LogP contribution in [0.2, 0.25) is 0 Å². The van der Waals surface area contributed by atoms with Crippen molar-refractivity contribution < 1.29 is 19.0 Å². The Balaban J connectivity index is 1.85.